The topological polar surface area (TPSA) is 42.4 Å². The van der Waals surface area contributed by atoms with Gasteiger partial charge in [0.2, 0.25) is 0 Å². The van der Waals surface area contributed by atoms with Gasteiger partial charge in [0.1, 0.15) is 18.1 Å². The Labute approximate surface area is 120 Å². The first-order valence-corrected chi connectivity index (χ1v) is 6.26. The summed E-state index contributed by atoms with van der Waals surface area (Å²) in [4.78, 5) is 4.13. The summed E-state index contributed by atoms with van der Waals surface area (Å²) in [6.45, 7) is 1.64. The van der Waals surface area contributed by atoms with E-state index in [1.165, 1.54) is 12.1 Å². The van der Waals surface area contributed by atoms with Gasteiger partial charge in [-0.15, -0.1) is 0 Å². The number of pyridine rings is 1. The van der Waals surface area contributed by atoms with Crippen molar-refractivity contribution in [3.05, 3.63) is 58.9 Å². The molecule has 21 heavy (non-hydrogen) atoms. The number of rotatable bonds is 4. The average molecular weight is 297 g/mol. The summed E-state index contributed by atoms with van der Waals surface area (Å²) in [7, 11) is 0. The smallest absolute Gasteiger partial charge is 0.416 e. The molecule has 1 heterocycles. The van der Waals surface area contributed by atoms with Crippen LogP contribution in [0.2, 0.25) is 0 Å². The summed E-state index contributed by atoms with van der Waals surface area (Å²) in [5.41, 5.74) is 1.06. The predicted molar refractivity (Wildman–Crippen MR) is 70.7 cm³/mol. The van der Waals surface area contributed by atoms with Gasteiger partial charge < -0.3 is 9.84 Å². The first-order chi connectivity index (χ1) is 9.90. The van der Waals surface area contributed by atoms with E-state index in [9.17, 15) is 18.3 Å². The lowest BCUT2D eigenvalue weighted by Crippen LogP contribution is -2.05. The zero-order chi connectivity index (χ0) is 15.5. The van der Waals surface area contributed by atoms with Gasteiger partial charge in [-0.1, -0.05) is 12.1 Å². The number of hydrogen-bond donors (Lipinski definition) is 1. The molecule has 1 aromatic heterocycles. The molecule has 0 atom stereocenters. The summed E-state index contributed by atoms with van der Waals surface area (Å²) in [6.07, 6.45) is -4.34. The molecule has 1 aromatic carbocycles. The third-order valence-corrected chi connectivity index (χ3v) is 2.90. The third kappa shape index (κ3) is 3.95. The van der Waals surface area contributed by atoms with Crippen molar-refractivity contribution < 1.29 is 23.0 Å². The monoisotopic (exact) mass is 297 g/mol. The van der Waals surface area contributed by atoms with Crippen molar-refractivity contribution in [1.29, 1.82) is 0 Å². The molecule has 3 nitrogen and oxygen atoms in total. The number of nitrogens with zero attached hydrogens (tertiary/aromatic N) is 1. The van der Waals surface area contributed by atoms with E-state index in [0.717, 1.165) is 17.8 Å². The van der Waals surface area contributed by atoms with Crippen molar-refractivity contribution in [2.24, 2.45) is 0 Å². The number of aryl methyl sites for hydroxylation is 1. The van der Waals surface area contributed by atoms with Gasteiger partial charge in [-0.05, 0) is 36.8 Å². The van der Waals surface area contributed by atoms with E-state index in [1.807, 2.05) is 0 Å². The van der Waals surface area contributed by atoms with Crippen LogP contribution in [0, 0.1) is 6.92 Å². The molecule has 0 saturated heterocycles. The van der Waals surface area contributed by atoms with Gasteiger partial charge in [0, 0.05) is 5.69 Å². The van der Waals surface area contributed by atoms with Gasteiger partial charge in [0.05, 0.1) is 12.2 Å². The van der Waals surface area contributed by atoms with Crippen molar-refractivity contribution in [3.8, 4) is 5.75 Å². The highest BCUT2D eigenvalue weighted by Gasteiger charge is 2.29. The van der Waals surface area contributed by atoms with Crippen molar-refractivity contribution in [1.82, 2.24) is 4.98 Å². The van der Waals surface area contributed by atoms with Crippen molar-refractivity contribution in [2.45, 2.75) is 26.3 Å². The van der Waals surface area contributed by atoms with Gasteiger partial charge in [0.25, 0.3) is 0 Å². The fourth-order valence-corrected chi connectivity index (χ4v) is 1.79. The van der Waals surface area contributed by atoms with Crippen LogP contribution >= 0.6 is 0 Å². The van der Waals surface area contributed by atoms with Crippen molar-refractivity contribution in [2.75, 3.05) is 0 Å². The highest BCUT2D eigenvalue weighted by atomic mass is 19.4. The van der Waals surface area contributed by atoms with Crippen LogP contribution in [0.15, 0.2) is 36.4 Å². The molecule has 0 saturated carbocycles. The molecule has 112 valence electrons. The molecule has 1 N–H and O–H groups in total. The predicted octanol–water partition coefficient (Wildman–Crippen LogP) is 3.48. The molecule has 0 radical (unpaired) electrons. The van der Waals surface area contributed by atoms with E-state index in [-0.39, 0.29) is 13.2 Å². The first kappa shape index (κ1) is 15.3. The van der Waals surface area contributed by atoms with Gasteiger partial charge in [-0.3, -0.25) is 4.98 Å². The quantitative estimate of drug-likeness (QED) is 0.939. The van der Waals surface area contributed by atoms with Gasteiger partial charge in [-0.2, -0.15) is 13.2 Å². The third-order valence-electron chi connectivity index (χ3n) is 2.90. The standard InChI is InChI=1S/C15H14F3NO2/c1-10-2-7-14(13(8-20)19-10)21-9-11-3-5-12(6-4-11)15(16,17)18/h2-7,20H,8-9H2,1H3. The molecule has 2 aromatic rings. The molecule has 0 amide bonds. The van der Waals surface area contributed by atoms with Crippen LogP contribution < -0.4 is 4.74 Å². The number of aliphatic hydroxyl groups is 1. The maximum Gasteiger partial charge on any atom is 0.416 e. The summed E-state index contributed by atoms with van der Waals surface area (Å²) >= 11 is 0. The van der Waals surface area contributed by atoms with Crippen LogP contribution in [-0.4, -0.2) is 10.1 Å². The van der Waals surface area contributed by atoms with Crippen LogP contribution in [0.3, 0.4) is 0 Å². The Morgan fingerprint density at radius 2 is 1.76 bits per heavy atom. The minimum absolute atomic E-state index is 0.107. The minimum Gasteiger partial charge on any atom is -0.487 e. The molecule has 0 spiro atoms. The van der Waals surface area contributed by atoms with Crippen molar-refractivity contribution >= 4 is 0 Å². The Kier molecular flexibility index (Phi) is 4.47. The summed E-state index contributed by atoms with van der Waals surface area (Å²) in [5, 5.41) is 9.20. The lowest BCUT2D eigenvalue weighted by molar-refractivity contribution is -0.137. The lowest BCUT2D eigenvalue weighted by Gasteiger charge is -2.11. The molecule has 0 aliphatic rings. The van der Waals surface area contributed by atoms with Crippen LogP contribution in [0.25, 0.3) is 0 Å². The molecule has 0 bridgehead atoms. The molecule has 0 fully saturated rings. The zero-order valence-electron chi connectivity index (χ0n) is 11.3. The fourth-order valence-electron chi connectivity index (χ4n) is 1.79. The molecule has 6 heteroatoms. The number of hydrogen-bond acceptors (Lipinski definition) is 3. The van der Waals surface area contributed by atoms with Gasteiger partial charge >= 0.3 is 6.18 Å². The number of ether oxygens (including phenoxy) is 1. The van der Waals surface area contributed by atoms with Gasteiger partial charge in [0.15, 0.2) is 0 Å². The Morgan fingerprint density at radius 3 is 2.33 bits per heavy atom. The minimum atomic E-state index is -4.34. The van der Waals surface area contributed by atoms with E-state index < -0.39 is 11.7 Å². The van der Waals surface area contributed by atoms with Crippen LogP contribution in [0.4, 0.5) is 13.2 Å². The van der Waals surface area contributed by atoms with Crippen LogP contribution in [0.1, 0.15) is 22.5 Å². The molecular weight excluding hydrogens is 283 g/mol. The molecular formula is C15H14F3NO2. The number of aromatic nitrogens is 1. The average Bonchev–Trinajstić information content (AvgIpc) is 2.45. The van der Waals surface area contributed by atoms with E-state index in [1.54, 1.807) is 19.1 Å². The molecule has 0 unspecified atom stereocenters. The van der Waals surface area contributed by atoms with E-state index in [2.05, 4.69) is 4.98 Å². The Balaban J connectivity index is 2.07. The Morgan fingerprint density at radius 1 is 1.10 bits per heavy atom. The van der Waals surface area contributed by atoms with E-state index in [4.69, 9.17) is 4.74 Å². The van der Waals surface area contributed by atoms with Crippen LogP contribution in [0.5, 0.6) is 5.75 Å². The normalized spacial score (nSPS) is 11.5. The van der Waals surface area contributed by atoms with Crippen molar-refractivity contribution in [3.63, 3.8) is 0 Å². The largest absolute Gasteiger partial charge is 0.487 e. The SMILES string of the molecule is Cc1ccc(OCc2ccc(C(F)(F)F)cc2)c(CO)n1. The number of benzene rings is 1. The zero-order valence-corrected chi connectivity index (χ0v) is 11.3. The second kappa shape index (κ2) is 6.13. The second-order valence-electron chi connectivity index (χ2n) is 4.54. The van der Waals surface area contributed by atoms with E-state index >= 15 is 0 Å². The van der Waals surface area contributed by atoms with E-state index in [0.29, 0.717) is 17.0 Å². The second-order valence-corrected chi connectivity index (χ2v) is 4.54. The molecule has 0 aliphatic heterocycles. The molecule has 0 aliphatic carbocycles. The number of aliphatic hydroxyl groups excluding tert-OH is 1. The highest BCUT2D eigenvalue weighted by molar-refractivity contribution is 5.30. The number of alkyl halides is 3. The summed E-state index contributed by atoms with van der Waals surface area (Å²) in [6, 6.07) is 8.17. The first-order valence-electron chi connectivity index (χ1n) is 6.26. The maximum atomic E-state index is 12.4. The van der Waals surface area contributed by atoms with Crippen LogP contribution in [-0.2, 0) is 19.4 Å². The fraction of sp³-hybridized carbons (Fsp3) is 0.267. The highest BCUT2D eigenvalue weighted by Crippen LogP contribution is 2.29. The lowest BCUT2D eigenvalue weighted by atomic mass is 10.1. The Hall–Kier alpha value is -2.08. The summed E-state index contributed by atoms with van der Waals surface area (Å²) < 4.78 is 42.8. The van der Waals surface area contributed by atoms with Gasteiger partial charge in [-0.25, -0.2) is 0 Å². The Bertz CT molecular complexity index is 609. The number of halogens is 3. The maximum absolute atomic E-state index is 12.4. The molecule has 2 rings (SSSR count). The summed E-state index contributed by atoms with van der Waals surface area (Å²) in [5.74, 6) is 0.419.